The zero-order valence-electron chi connectivity index (χ0n) is 6.35. The van der Waals surface area contributed by atoms with E-state index in [2.05, 4.69) is 0 Å². The molecule has 0 N–H and O–H groups in total. The van der Waals surface area contributed by atoms with Gasteiger partial charge >= 0.3 is 0 Å². The molecule has 0 bridgehead atoms. The van der Waals surface area contributed by atoms with Crippen LogP contribution in [0.3, 0.4) is 0 Å². The summed E-state index contributed by atoms with van der Waals surface area (Å²) in [6.45, 7) is 0. The van der Waals surface area contributed by atoms with Gasteiger partial charge in [0.2, 0.25) is 0 Å². The maximum absolute atomic E-state index is 5.08. The van der Waals surface area contributed by atoms with Gasteiger partial charge in [-0.25, -0.2) is 0 Å². The summed E-state index contributed by atoms with van der Waals surface area (Å²) in [6, 6.07) is 0. The third-order valence-corrected chi connectivity index (χ3v) is 0.778. The summed E-state index contributed by atoms with van der Waals surface area (Å²) >= 11 is 0. The molecule has 0 saturated carbocycles. The molecule has 0 aliphatic carbocycles. The molecular formula is B11. The minimum atomic E-state index is 0. The molecule has 33 valence electrons. The molecule has 0 unspecified atom stereocenters. The second-order valence-corrected chi connectivity index (χ2v) is 1.54. The van der Waals surface area contributed by atoms with Crippen molar-refractivity contribution in [1.29, 1.82) is 0 Å². The maximum atomic E-state index is 5.08. The van der Waals surface area contributed by atoms with Gasteiger partial charge in [-0.05, 0) is 0 Å². The van der Waals surface area contributed by atoms with Gasteiger partial charge in [-0.2, -0.15) is 0 Å². The summed E-state index contributed by atoms with van der Waals surface area (Å²) in [5, 5.41) is 0. The Morgan fingerprint density at radius 3 is 1.09 bits per heavy atom. The summed E-state index contributed by atoms with van der Waals surface area (Å²) in [6.07, 6.45) is 0. The van der Waals surface area contributed by atoms with E-state index in [0.29, 0.717) is 0 Å². The Kier molecular flexibility index (Phi) is 17.2. The standard InChI is InChI=1S/B10.B/c1-3-5-7-9-10-8-6-4-2;. The number of rotatable bonds is 7. The van der Waals surface area contributed by atoms with Gasteiger partial charge in [0, 0.05) is 80.4 Å². The highest BCUT2D eigenvalue weighted by Crippen LogP contribution is 1.54. The molecule has 0 spiro atoms. The highest BCUT2D eigenvalue weighted by atomic mass is 12.7. The molecule has 0 heterocycles. The van der Waals surface area contributed by atoms with E-state index in [1.807, 2.05) is 28.2 Å². The molecule has 15 radical (unpaired) electrons. The SMILES string of the molecule is [B].[B][B][B][B][B][B][B][B][B][B]. The van der Waals surface area contributed by atoms with Crippen molar-refractivity contribution in [3.8, 4) is 0 Å². The van der Waals surface area contributed by atoms with Crippen molar-refractivity contribution in [3.05, 3.63) is 0 Å². The van der Waals surface area contributed by atoms with Crippen LogP contribution < -0.4 is 0 Å². The van der Waals surface area contributed by atoms with Crippen LogP contribution in [0.2, 0.25) is 0 Å². The Balaban J connectivity index is 0. The van der Waals surface area contributed by atoms with Crippen molar-refractivity contribution >= 4 is 80.4 Å². The monoisotopic (exact) mass is 121 g/mol. The van der Waals surface area contributed by atoms with Gasteiger partial charge in [0.15, 0.2) is 0 Å². The minimum Gasteiger partial charge on any atom is 0 e. The van der Waals surface area contributed by atoms with E-state index in [4.69, 9.17) is 15.5 Å². The van der Waals surface area contributed by atoms with Crippen LogP contribution in [-0.4, -0.2) is 80.4 Å². The van der Waals surface area contributed by atoms with Gasteiger partial charge in [-0.3, -0.25) is 0 Å². The van der Waals surface area contributed by atoms with Crippen molar-refractivity contribution in [2.45, 2.75) is 0 Å². The van der Waals surface area contributed by atoms with Gasteiger partial charge in [0.25, 0.3) is 0 Å². The smallest absolute Gasteiger partial charge is 0 e. The van der Waals surface area contributed by atoms with Gasteiger partial charge in [-0.1, -0.05) is 0 Å². The van der Waals surface area contributed by atoms with Crippen LogP contribution in [0.25, 0.3) is 0 Å². The summed E-state index contributed by atoms with van der Waals surface area (Å²) in [7, 11) is 24.0. The van der Waals surface area contributed by atoms with E-state index < -0.39 is 0 Å². The molecule has 0 atom stereocenters. The number of hydrogen-bond donors (Lipinski definition) is 0. The molecule has 0 aromatic heterocycles. The van der Waals surface area contributed by atoms with Crippen LogP contribution in [0, 0.1) is 0 Å². The average molecular weight is 119 g/mol. The van der Waals surface area contributed by atoms with Crippen LogP contribution in [-0.2, 0) is 0 Å². The summed E-state index contributed by atoms with van der Waals surface area (Å²) in [4.78, 5) is 0. The van der Waals surface area contributed by atoms with E-state index in [1.165, 1.54) is 14.1 Å². The summed E-state index contributed by atoms with van der Waals surface area (Å²) in [5.41, 5.74) is 0. The van der Waals surface area contributed by atoms with Crippen LogP contribution in [0.5, 0.6) is 0 Å². The number of hydrogen-bond acceptors (Lipinski definition) is 0. The molecule has 0 aromatic rings. The van der Waals surface area contributed by atoms with E-state index in [1.54, 1.807) is 14.1 Å². The molecule has 0 amide bonds. The first kappa shape index (κ1) is 14.3. The van der Waals surface area contributed by atoms with Crippen molar-refractivity contribution in [2.75, 3.05) is 0 Å². The first-order valence-electron chi connectivity index (χ1n) is 3.00. The highest BCUT2D eigenvalue weighted by Gasteiger charge is 1.92. The van der Waals surface area contributed by atoms with Gasteiger partial charge in [0.1, 0.15) is 0 Å². The molecule has 0 aliphatic rings. The lowest BCUT2D eigenvalue weighted by molar-refractivity contribution is 3.84. The zero-order chi connectivity index (χ0) is 7.66. The molecule has 0 saturated heterocycles. The van der Waals surface area contributed by atoms with E-state index >= 15 is 0 Å². The molecule has 11 heteroatoms. The van der Waals surface area contributed by atoms with Crippen molar-refractivity contribution in [2.24, 2.45) is 0 Å². The van der Waals surface area contributed by atoms with Gasteiger partial charge in [0.05, 0.1) is 0 Å². The Morgan fingerprint density at radius 1 is 0.545 bits per heavy atom. The van der Waals surface area contributed by atoms with E-state index in [0.717, 1.165) is 0 Å². The zero-order valence-corrected chi connectivity index (χ0v) is 6.35. The van der Waals surface area contributed by atoms with Crippen molar-refractivity contribution in [1.82, 2.24) is 0 Å². The largest absolute Gasteiger partial charge is 0 e. The van der Waals surface area contributed by atoms with E-state index in [9.17, 15) is 0 Å². The minimum absolute atomic E-state index is 0. The molecule has 11 heavy (non-hydrogen) atoms. The van der Waals surface area contributed by atoms with Crippen molar-refractivity contribution in [3.63, 3.8) is 0 Å². The van der Waals surface area contributed by atoms with E-state index in [-0.39, 0.29) is 8.41 Å². The molecule has 0 aliphatic heterocycles. The Labute approximate surface area is 80.7 Å². The summed E-state index contributed by atoms with van der Waals surface area (Å²) < 4.78 is 0. The highest BCUT2D eigenvalue weighted by molar-refractivity contribution is 7.68. The molecule has 0 rings (SSSR count). The van der Waals surface area contributed by atoms with Crippen LogP contribution >= 0.6 is 0 Å². The van der Waals surface area contributed by atoms with Gasteiger partial charge < -0.3 is 0 Å². The lowest BCUT2D eigenvalue weighted by Gasteiger charge is -1.92. The normalized spacial score (nSPS) is 6.18. The molecule has 0 aromatic carbocycles. The lowest BCUT2D eigenvalue weighted by Crippen LogP contribution is -2.30. The second-order valence-electron chi connectivity index (χ2n) is 1.54. The second kappa shape index (κ2) is 13.3. The fourth-order valence-corrected chi connectivity index (χ4v) is 0.385. The maximum Gasteiger partial charge on any atom is 0 e. The topological polar surface area (TPSA) is 0 Å². The third-order valence-electron chi connectivity index (χ3n) is 0.778. The van der Waals surface area contributed by atoms with Crippen LogP contribution in [0.15, 0.2) is 0 Å². The lowest BCUT2D eigenvalue weighted by atomic mass is 8.89. The quantitative estimate of drug-likeness (QED) is 0.235. The van der Waals surface area contributed by atoms with Crippen LogP contribution in [0.4, 0.5) is 0 Å². The fourth-order valence-electron chi connectivity index (χ4n) is 0.385. The van der Waals surface area contributed by atoms with Gasteiger partial charge in [-0.15, -0.1) is 0 Å². The first-order chi connectivity index (χ1) is 4.91. The summed E-state index contributed by atoms with van der Waals surface area (Å²) in [5.74, 6) is 0. The Hall–Kier alpha value is 0.714. The van der Waals surface area contributed by atoms with Crippen molar-refractivity contribution < 1.29 is 0 Å². The predicted molar refractivity (Wildman–Crippen MR) is 63.3 cm³/mol. The molecule has 0 fully saturated rings. The van der Waals surface area contributed by atoms with Crippen LogP contribution in [0.1, 0.15) is 0 Å². The first-order valence-corrected chi connectivity index (χ1v) is 3.00. The Bertz CT molecular complexity index is 40.0. The molecular weight excluding hydrogens is 119 g/mol. The predicted octanol–water partition coefficient (Wildman–Crippen LogP) is -4.19. The Morgan fingerprint density at radius 2 is 0.818 bits per heavy atom. The third kappa shape index (κ3) is 13.7. The average Bonchev–Trinajstić information content (AvgIpc) is 1.97. The fraction of sp³-hybridized carbons (Fsp3) is 0. The molecule has 0 nitrogen and oxygen atoms in total.